The van der Waals surface area contributed by atoms with Gasteiger partial charge in [-0.25, -0.2) is 0 Å². The van der Waals surface area contributed by atoms with Crippen molar-refractivity contribution >= 4 is 5.69 Å². The van der Waals surface area contributed by atoms with Crippen LogP contribution in [0.1, 0.15) is 0 Å². The van der Waals surface area contributed by atoms with Gasteiger partial charge in [-0.15, -0.1) is 0 Å². The van der Waals surface area contributed by atoms with E-state index in [1.807, 2.05) is 0 Å². The molecule has 0 aliphatic carbocycles. The van der Waals surface area contributed by atoms with E-state index in [1.54, 1.807) is 16.8 Å². The summed E-state index contributed by atoms with van der Waals surface area (Å²) >= 11 is 0. The van der Waals surface area contributed by atoms with Gasteiger partial charge >= 0.3 is 0 Å². The highest BCUT2D eigenvalue weighted by Crippen LogP contribution is 2.02. The number of rotatable bonds is 6. The Kier molecular flexibility index (Phi) is 5.78. The van der Waals surface area contributed by atoms with Crippen LogP contribution in [-0.4, -0.2) is 79.2 Å². The van der Waals surface area contributed by atoms with Crippen molar-refractivity contribution in [2.24, 2.45) is 0 Å². The number of anilines is 1. The molecule has 0 unspecified atom stereocenters. The summed E-state index contributed by atoms with van der Waals surface area (Å²) in [6.07, 6.45) is 1.73. The van der Waals surface area contributed by atoms with E-state index >= 15 is 0 Å². The Labute approximate surface area is 126 Å². The number of piperazine rings is 1. The van der Waals surface area contributed by atoms with Crippen LogP contribution in [0.5, 0.6) is 0 Å². The van der Waals surface area contributed by atoms with Gasteiger partial charge in [0.25, 0.3) is 5.56 Å². The number of hydrogen-bond donors (Lipinski definition) is 1. The Morgan fingerprint density at radius 1 is 1.05 bits per heavy atom. The smallest absolute Gasteiger partial charge is 0.250 e. The number of nitrogen functional groups attached to an aromatic ring is 1. The lowest BCUT2D eigenvalue weighted by Gasteiger charge is -2.35. The summed E-state index contributed by atoms with van der Waals surface area (Å²) < 4.78 is 1.70. The molecule has 0 amide bonds. The van der Waals surface area contributed by atoms with Gasteiger partial charge in [-0.2, -0.15) is 0 Å². The van der Waals surface area contributed by atoms with E-state index in [0.717, 1.165) is 45.8 Å². The molecule has 2 rings (SSSR count). The van der Waals surface area contributed by atoms with Crippen molar-refractivity contribution in [3.63, 3.8) is 0 Å². The van der Waals surface area contributed by atoms with Crippen LogP contribution in [0.3, 0.4) is 0 Å². The number of hydrogen-bond acceptors (Lipinski definition) is 5. The van der Waals surface area contributed by atoms with E-state index in [-0.39, 0.29) is 5.56 Å². The summed E-state index contributed by atoms with van der Waals surface area (Å²) in [6, 6.07) is 3.19. The highest BCUT2D eigenvalue weighted by atomic mass is 16.1. The second kappa shape index (κ2) is 7.59. The molecular weight excluding hydrogens is 266 g/mol. The van der Waals surface area contributed by atoms with E-state index in [1.165, 1.54) is 6.07 Å². The van der Waals surface area contributed by atoms with Crippen molar-refractivity contribution in [1.29, 1.82) is 0 Å². The second-order valence-electron chi connectivity index (χ2n) is 5.98. The van der Waals surface area contributed by atoms with Crippen molar-refractivity contribution in [2.45, 2.75) is 6.54 Å². The summed E-state index contributed by atoms with van der Waals surface area (Å²) in [5, 5.41) is 0. The van der Waals surface area contributed by atoms with Crippen LogP contribution in [0, 0.1) is 0 Å². The Bertz CT molecular complexity index is 491. The minimum atomic E-state index is 0.0221. The summed E-state index contributed by atoms with van der Waals surface area (Å²) in [5.74, 6) is 0. The van der Waals surface area contributed by atoms with Gasteiger partial charge in [0, 0.05) is 70.3 Å². The van der Waals surface area contributed by atoms with Gasteiger partial charge in [0.05, 0.1) is 0 Å². The van der Waals surface area contributed by atoms with Gasteiger partial charge in [-0.1, -0.05) is 0 Å². The van der Waals surface area contributed by atoms with Crippen LogP contribution >= 0.6 is 0 Å². The zero-order valence-corrected chi connectivity index (χ0v) is 13.2. The van der Waals surface area contributed by atoms with Crippen LogP contribution in [0.2, 0.25) is 0 Å². The number of pyridine rings is 1. The molecule has 1 fully saturated rings. The predicted octanol–water partition coefficient (Wildman–Crippen LogP) is -0.390. The Hall–Kier alpha value is -1.37. The Balaban J connectivity index is 1.74. The van der Waals surface area contributed by atoms with Gasteiger partial charge in [0.15, 0.2) is 0 Å². The largest absolute Gasteiger partial charge is 0.398 e. The molecule has 6 heteroatoms. The molecule has 1 aromatic rings. The molecule has 21 heavy (non-hydrogen) atoms. The quantitative estimate of drug-likeness (QED) is 0.774. The van der Waals surface area contributed by atoms with Crippen molar-refractivity contribution in [3.8, 4) is 0 Å². The third kappa shape index (κ3) is 5.15. The summed E-state index contributed by atoms with van der Waals surface area (Å²) in [6.45, 7) is 8.23. The fourth-order valence-electron chi connectivity index (χ4n) is 2.55. The number of nitrogens with zero attached hydrogens (tertiary/aromatic N) is 4. The van der Waals surface area contributed by atoms with Crippen LogP contribution in [0.25, 0.3) is 0 Å². The third-order valence-electron chi connectivity index (χ3n) is 3.99. The van der Waals surface area contributed by atoms with Crippen LogP contribution in [0.4, 0.5) is 5.69 Å². The summed E-state index contributed by atoms with van der Waals surface area (Å²) in [5.41, 5.74) is 6.39. The maximum atomic E-state index is 11.7. The molecule has 0 saturated carbocycles. The van der Waals surface area contributed by atoms with E-state index in [0.29, 0.717) is 12.2 Å². The minimum absolute atomic E-state index is 0.0221. The fraction of sp³-hybridized carbons (Fsp3) is 0.667. The first-order chi connectivity index (χ1) is 10.0. The average molecular weight is 293 g/mol. The standard InChI is InChI=1S/C15H27N5O/c1-17(2)5-6-18-7-9-19(10-8-18)11-12-20-13-14(16)3-4-15(20)21/h3-4,13H,5-12,16H2,1-2H3. The molecule has 118 valence electrons. The first-order valence-electron chi connectivity index (χ1n) is 7.60. The average Bonchev–Trinajstić information content (AvgIpc) is 2.47. The van der Waals surface area contributed by atoms with Crippen molar-refractivity contribution < 1.29 is 0 Å². The van der Waals surface area contributed by atoms with E-state index < -0.39 is 0 Å². The summed E-state index contributed by atoms with van der Waals surface area (Å²) in [4.78, 5) is 18.9. The lowest BCUT2D eigenvalue weighted by molar-refractivity contribution is 0.122. The number of nitrogens with two attached hydrogens (primary N) is 1. The van der Waals surface area contributed by atoms with E-state index in [4.69, 9.17) is 5.73 Å². The molecule has 2 N–H and O–H groups in total. The molecule has 1 aliphatic heterocycles. The van der Waals surface area contributed by atoms with Crippen molar-refractivity contribution in [3.05, 3.63) is 28.7 Å². The first-order valence-corrected chi connectivity index (χ1v) is 7.60. The molecule has 1 aromatic heterocycles. The molecule has 0 spiro atoms. The normalized spacial score (nSPS) is 17.5. The van der Waals surface area contributed by atoms with Crippen LogP contribution in [-0.2, 0) is 6.54 Å². The highest BCUT2D eigenvalue weighted by Gasteiger charge is 2.16. The maximum Gasteiger partial charge on any atom is 0.250 e. The fourth-order valence-corrected chi connectivity index (χ4v) is 2.55. The molecule has 1 aliphatic rings. The molecule has 1 saturated heterocycles. The highest BCUT2D eigenvalue weighted by molar-refractivity contribution is 5.33. The topological polar surface area (TPSA) is 57.7 Å². The minimum Gasteiger partial charge on any atom is -0.398 e. The van der Waals surface area contributed by atoms with Crippen LogP contribution < -0.4 is 11.3 Å². The zero-order chi connectivity index (χ0) is 15.2. The Morgan fingerprint density at radius 2 is 1.67 bits per heavy atom. The zero-order valence-electron chi connectivity index (χ0n) is 13.2. The van der Waals surface area contributed by atoms with Gasteiger partial charge in [0.1, 0.15) is 0 Å². The Morgan fingerprint density at radius 3 is 2.29 bits per heavy atom. The number of aromatic nitrogens is 1. The molecular formula is C15H27N5O. The molecule has 0 radical (unpaired) electrons. The van der Waals surface area contributed by atoms with Crippen molar-refractivity contribution in [1.82, 2.24) is 19.3 Å². The molecule has 6 nitrogen and oxygen atoms in total. The maximum absolute atomic E-state index is 11.7. The molecule has 0 aromatic carbocycles. The van der Waals surface area contributed by atoms with Gasteiger partial charge < -0.3 is 15.2 Å². The lowest BCUT2D eigenvalue weighted by Crippen LogP contribution is -2.48. The van der Waals surface area contributed by atoms with Crippen LogP contribution in [0.15, 0.2) is 23.1 Å². The second-order valence-corrected chi connectivity index (χ2v) is 5.98. The monoisotopic (exact) mass is 293 g/mol. The number of likely N-dealkylation sites (N-methyl/N-ethyl adjacent to an activating group) is 1. The SMILES string of the molecule is CN(C)CCN1CCN(CCn2cc(N)ccc2=O)CC1. The molecule has 2 heterocycles. The van der Waals surface area contributed by atoms with E-state index in [9.17, 15) is 4.79 Å². The molecule has 0 atom stereocenters. The third-order valence-corrected chi connectivity index (χ3v) is 3.99. The first kappa shape index (κ1) is 16.0. The lowest BCUT2D eigenvalue weighted by atomic mass is 10.3. The molecule has 0 bridgehead atoms. The van der Waals surface area contributed by atoms with Gasteiger partial charge in [-0.05, 0) is 20.2 Å². The summed E-state index contributed by atoms with van der Waals surface area (Å²) in [7, 11) is 4.22. The van der Waals surface area contributed by atoms with Gasteiger partial charge in [0.2, 0.25) is 0 Å². The van der Waals surface area contributed by atoms with Gasteiger partial charge in [-0.3, -0.25) is 14.6 Å². The van der Waals surface area contributed by atoms with E-state index in [2.05, 4.69) is 28.8 Å². The predicted molar refractivity (Wildman–Crippen MR) is 86.5 cm³/mol. The van der Waals surface area contributed by atoms with Crippen molar-refractivity contribution in [2.75, 3.05) is 65.6 Å².